The highest BCUT2D eigenvalue weighted by Gasteiger charge is 2.33. The Hall–Kier alpha value is -3.34. The topological polar surface area (TPSA) is 104 Å². The number of pyridine rings is 1. The van der Waals surface area contributed by atoms with Crippen LogP contribution in [-0.4, -0.2) is 41.4 Å². The second kappa shape index (κ2) is 9.26. The number of nitrogens with one attached hydrogen (secondary N) is 1. The zero-order chi connectivity index (χ0) is 24.4. The van der Waals surface area contributed by atoms with E-state index in [1.165, 1.54) is 13.2 Å². The molecule has 11 heteroatoms. The van der Waals surface area contributed by atoms with E-state index >= 15 is 0 Å². The first kappa shape index (κ1) is 24.3. The van der Waals surface area contributed by atoms with E-state index in [2.05, 4.69) is 20.3 Å². The maximum absolute atomic E-state index is 13.1. The Morgan fingerprint density at radius 2 is 1.73 bits per heavy atom. The summed E-state index contributed by atoms with van der Waals surface area (Å²) in [7, 11) is 3.12. The minimum atomic E-state index is -4.60. The third-order valence-electron chi connectivity index (χ3n) is 4.88. The minimum absolute atomic E-state index is 0.0419. The van der Waals surface area contributed by atoms with Crippen LogP contribution in [0.2, 0.25) is 0 Å². The van der Waals surface area contributed by atoms with Crippen LogP contribution in [0.1, 0.15) is 30.9 Å². The van der Waals surface area contributed by atoms with Crippen molar-refractivity contribution in [3.8, 4) is 11.5 Å². The number of aryl methyl sites for hydroxylation is 1. The van der Waals surface area contributed by atoms with Gasteiger partial charge in [0.05, 0.1) is 18.2 Å². The maximum atomic E-state index is 13.1. The van der Waals surface area contributed by atoms with Crippen LogP contribution in [0.5, 0.6) is 11.5 Å². The van der Waals surface area contributed by atoms with Gasteiger partial charge in [-0.15, -0.1) is 0 Å². The molecule has 0 bridgehead atoms. The summed E-state index contributed by atoms with van der Waals surface area (Å²) in [6, 6.07) is 5.77. The fourth-order valence-electron chi connectivity index (χ4n) is 3.01. The number of fused-ring (bicyclic) bond motifs is 1. The Balaban J connectivity index is 1.96. The molecule has 178 valence electrons. The zero-order valence-corrected chi connectivity index (χ0v) is 19.0. The summed E-state index contributed by atoms with van der Waals surface area (Å²) in [5.74, 6) is 1.63. The average Bonchev–Trinajstić information content (AvgIpc) is 2.74. The number of rotatable bonds is 8. The summed E-state index contributed by atoms with van der Waals surface area (Å²) < 4.78 is 56.0. The molecule has 0 spiro atoms. The van der Waals surface area contributed by atoms with Crippen LogP contribution in [0.3, 0.4) is 0 Å². The van der Waals surface area contributed by atoms with Gasteiger partial charge in [0.1, 0.15) is 29.8 Å². The van der Waals surface area contributed by atoms with Gasteiger partial charge in [0.15, 0.2) is 11.5 Å². The Kier molecular flexibility index (Phi) is 6.82. The van der Waals surface area contributed by atoms with E-state index in [-0.39, 0.29) is 19.0 Å². The average molecular weight is 465 g/mol. The van der Waals surface area contributed by atoms with Gasteiger partial charge in [-0.2, -0.15) is 13.2 Å². The second-order valence-corrected chi connectivity index (χ2v) is 8.03. The maximum Gasteiger partial charge on any atom is 0.433 e. The highest BCUT2D eigenvalue weighted by Crippen LogP contribution is 2.35. The Morgan fingerprint density at radius 1 is 1.00 bits per heavy atom. The highest BCUT2D eigenvalue weighted by atomic mass is 19.4. The Labute approximate surface area is 189 Å². The molecular formula is C22H26F3N5O3. The van der Waals surface area contributed by atoms with Crippen LogP contribution < -0.4 is 20.5 Å². The number of hydrogen-bond donors (Lipinski definition) is 2. The summed E-state index contributed by atoms with van der Waals surface area (Å²) in [4.78, 5) is 12.2. The fraction of sp³-hybridized carbons (Fsp3) is 0.409. The molecule has 0 fully saturated rings. The molecule has 1 aromatic carbocycles. The number of benzene rings is 1. The van der Waals surface area contributed by atoms with Gasteiger partial charge in [0, 0.05) is 25.1 Å². The molecule has 0 unspecified atom stereocenters. The number of halogens is 3. The molecule has 0 atom stereocenters. The summed E-state index contributed by atoms with van der Waals surface area (Å²) in [5.41, 5.74) is 4.89. The monoisotopic (exact) mass is 465 g/mol. The van der Waals surface area contributed by atoms with E-state index in [9.17, 15) is 13.2 Å². The lowest BCUT2D eigenvalue weighted by Gasteiger charge is -2.23. The number of ether oxygens (including phenoxy) is 3. The van der Waals surface area contributed by atoms with Crippen LogP contribution in [-0.2, 0) is 17.5 Å². The fourth-order valence-corrected chi connectivity index (χ4v) is 3.01. The molecule has 8 nitrogen and oxygen atoms in total. The van der Waals surface area contributed by atoms with Crippen molar-refractivity contribution >= 4 is 22.5 Å². The van der Waals surface area contributed by atoms with Crippen molar-refractivity contribution in [1.82, 2.24) is 15.0 Å². The molecule has 33 heavy (non-hydrogen) atoms. The molecule has 2 heterocycles. The van der Waals surface area contributed by atoms with Gasteiger partial charge in [-0.25, -0.2) is 15.0 Å². The summed E-state index contributed by atoms with van der Waals surface area (Å²) in [6.07, 6.45) is -4.60. The van der Waals surface area contributed by atoms with Crippen LogP contribution in [0, 0.1) is 6.92 Å². The van der Waals surface area contributed by atoms with Gasteiger partial charge < -0.3 is 25.3 Å². The first-order valence-corrected chi connectivity index (χ1v) is 10.0. The van der Waals surface area contributed by atoms with Crippen LogP contribution in [0.15, 0.2) is 24.3 Å². The number of nitrogen functional groups attached to an aromatic ring is 1. The highest BCUT2D eigenvalue weighted by molar-refractivity contribution is 5.91. The molecular weight excluding hydrogens is 439 g/mol. The van der Waals surface area contributed by atoms with Gasteiger partial charge in [0.2, 0.25) is 0 Å². The van der Waals surface area contributed by atoms with Crippen molar-refractivity contribution in [2.45, 2.75) is 39.1 Å². The lowest BCUT2D eigenvalue weighted by atomic mass is 10.1. The number of anilines is 2. The van der Waals surface area contributed by atoms with Crippen LogP contribution >= 0.6 is 0 Å². The Morgan fingerprint density at radius 3 is 2.36 bits per heavy atom. The molecule has 2 aromatic heterocycles. The van der Waals surface area contributed by atoms with E-state index in [4.69, 9.17) is 19.9 Å². The number of nitrogens with zero attached hydrogens (tertiary/aromatic N) is 3. The van der Waals surface area contributed by atoms with Gasteiger partial charge in [-0.3, -0.25) is 0 Å². The molecule has 3 rings (SSSR count). The smallest absolute Gasteiger partial charge is 0.433 e. The summed E-state index contributed by atoms with van der Waals surface area (Å²) >= 11 is 0. The number of methoxy groups -OCH3 is 2. The van der Waals surface area contributed by atoms with Crippen molar-refractivity contribution in [1.29, 1.82) is 0 Å². The van der Waals surface area contributed by atoms with Crippen molar-refractivity contribution in [2.75, 3.05) is 31.9 Å². The van der Waals surface area contributed by atoms with E-state index in [0.717, 1.165) is 6.07 Å². The quantitative estimate of drug-likeness (QED) is 0.506. The molecule has 3 aromatic rings. The van der Waals surface area contributed by atoms with E-state index in [0.29, 0.717) is 39.6 Å². The Bertz CT molecular complexity index is 1150. The zero-order valence-electron chi connectivity index (χ0n) is 19.0. The van der Waals surface area contributed by atoms with E-state index < -0.39 is 17.5 Å². The lowest BCUT2D eigenvalue weighted by molar-refractivity contribution is -0.141. The predicted molar refractivity (Wildman–Crippen MR) is 118 cm³/mol. The van der Waals surface area contributed by atoms with Crippen molar-refractivity contribution in [3.05, 3.63) is 41.3 Å². The first-order chi connectivity index (χ1) is 15.4. The molecule has 3 N–H and O–H groups in total. The molecule has 0 amide bonds. The number of aromatic nitrogens is 3. The molecule has 0 saturated carbocycles. The largest absolute Gasteiger partial charge is 0.493 e. The third kappa shape index (κ3) is 5.92. The standard InChI is InChI=1S/C22H26F3N5O3/c1-12-28-15-9-16(31-4)17(33-11-21(2,3)32-5)8-14(15)20(29-12)27-10-13-6-18(22(23,24)25)30-19(26)7-13/h6-9H,10-11H2,1-5H3,(H2,26,30)(H,27,28,29). The third-order valence-corrected chi connectivity index (χ3v) is 4.88. The summed E-state index contributed by atoms with van der Waals surface area (Å²) in [6.45, 7) is 5.79. The number of hydrogen-bond acceptors (Lipinski definition) is 8. The van der Waals surface area contributed by atoms with Gasteiger partial charge in [0.25, 0.3) is 0 Å². The van der Waals surface area contributed by atoms with E-state index in [1.807, 2.05) is 13.8 Å². The predicted octanol–water partition coefficient (Wildman–Crippen LogP) is 4.36. The molecule has 0 aliphatic carbocycles. The van der Waals surface area contributed by atoms with E-state index in [1.54, 1.807) is 26.2 Å². The lowest BCUT2D eigenvalue weighted by Crippen LogP contribution is -2.30. The van der Waals surface area contributed by atoms with Gasteiger partial charge in [-0.1, -0.05) is 0 Å². The first-order valence-electron chi connectivity index (χ1n) is 10.0. The van der Waals surface area contributed by atoms with Crippen molar-refractivity contribution < 1.29 is 27.4 Å². The molecule has 0 aliphatic heterocycles. The minimum Gasteiger partial charge on any atom is -0.493 e. The van der Waals surface area contributed by atoms with Crippen LogP contribution in [0.25, 0.3) is 10.9 Å². The van der Waals surface area contributed by atoms with Gasteiger partial charge >= 0.3 is 6.18 Å². The molecule has 0 saturated heterocycles. The van der Waals surface area contributed by atoms with Crippen LogP contribution in [0.4, 0.5) is 24.8 Å². The number of alkyl halides is 3. The molecule has 0 radical (unpaired) electrons. The second-order valence-electron chi connectivity index (χ2n) is 8.03. The van der Waals surface area contributed by atoms with Gasteiger partial charge in [-0.05, 0) is 44.5 Å². The SMILES string of the molecule is COc1cc2nc(C)nc(NCc3cc(N)nc(C(F)(F)F)c3)c2cc1OCC(C)(C)OC. The van der Waals surface area contributed by atoms with Crippen molar-refractivity contribution in [2.24, 2.45) is 0 Å². The molecule has 0 aliphatic rings. The summed E-state index contributed by atoms with van der Waals surface area (Å²) in [5, 5.41) is 3.69. The van der Waals surface area contributed by atoms with Crippen molar-refractivity contribution in [3.63, 3.8) is 0 Å². The number of nitrogens with two attached hydrogens (primary N) is 1. The normalized spacial score (nSPS) is 12.1.